The molecule has 98 valence electrons. The van der Waals surface area contributed by atoms with Crippen LogP contribution in [0.3, 0.4) is 0 Å². The maximum absolute atomic E-state index is 11.4. The quantitative estimate of drug-likeness (QED) is 0.763. The van der Waals surface area contributed by atoms with E-state index in [0.29, 0.717) is 11.5 Å². The zero-order chi connectivity index (χ0) is 13.5. The first-order valence-corrected chi connectivity index (χ1v) is 6.17. The Hall–Kier alpha value is -1.46. The lowest BCUT2D eigenvalue weighted by Gasteiger charge is -2.08. The van der Waals surface area contributed by atoms with E-state index in [2.05, 4.69) is 5.32 Å². The first-order valence-electron chi connectivity index (χ1n) is 5.76. The predicted molar refractivity (Wildman–Crippen MR) is 75.3 cm³/mol. The van der Waals surface area contributed by atoms with Gasteiger partial charge in [0.25, 0.3) is 0 Å². The van der Waals surface area contributed by atoms with E-state index in [1.165, 1.54) is 0 Å². The van der Waals surface area contributed by atoms with Crippen LogP contribution in [0.4, 0.5) is 0 Å². The normalized spacial score (nSPS) is 10.4. The summed E-state index contributed by atoms with van der Waals surface area (Å²) in [4.78, 5) is 11.8. The van der Waals surface area contributed by atoms with Crippen LogP contribution < -0.4 is 11.1 Å². The number of hydrogen-bond donors (Lipinski definition) is 2. The zero-order valence-electron chi connectivity index (χ0n) is 10.6. The van der Waals surface area contributed by atoms with E-state index < -0.39 is 0 Å². The Bertz CT molecular complexity index is 416. The van der Waals surface area contributed by atoms with Gasteiger partial charge in [-0.2, -0.15) is 0 Å². The van der Waals surface area contributed by atoms with Gasteiger partial charge in [-0.25, -0.2) is 0 Å². The Morgan fingerprint density at radius 1 is 1.39 bits per heavy atom. The molecule has 0 heterocycles. The predicted octanol–water partition coefficient (Wildman–Crippen LogP) is 1.36. The minimum atomic E-state index is -0.123. The summed E-state index contributed by atoms with van der Waals surface area (Å²) in [5, 5.41) is 2.77. The van der Waals surface area contributed by atoms with E-state index in [4.69, 9.17) is 22.7 Å². The van der Waals surface area contributed by atoms with Gasteiger partial charge in [-0.15, -0.1) is 0 Å². The second kappa shape index (κ2) is 7.08. The summed E-state index contributed by atoms with van der Waals surface area (Å²) < 4.78 is 5.20. The molecular formula is C13H18N2O2S. The van der Waals surface area contributed by atoms with Gasteiger partial charge in [0.2, 0.25) is 5.91 Å². The molecule has 0 radical (unpaired) electrons. The number of rotatable bonds is 6. The Labute approximate surface area is 113 Å². The number of thiocarbonyl (C=S) groups is 1. The number of carbonyl (C=O) groups is 1. The van der Waals surface area contributed by atoms with Crippen molar-refractivity contribution in [2.24, 2.45) is 5.73 Å². The third kappa shape index (κ3) is 5.25. The molecule has 18 heavy (non-hydrogen) atoms. The van der Waals surface area contributed by atoms with E-state index in [-0.39, 0.29) is 18.6 Å². The molecule has 0 bridgehead atoms. The second-order valence-electron chi connectivity index (χ2n) is 4.20. The summed E-state index contributed by atoms with van der Waals surface area (Å²) >= 11 is 4.86. The van der Waals surface area contributed by atoms with Crippen LogP contribution in [0, 0.1) is 0 Å². The number of nitrogens with two attached hydrogens (primary N) is 1. The van der Waals surface area contributed by atoms with Crippen LogP contribution in [-0.2, 0) is 16.1 Å². The first-order chi connectivity index (χ1) is 8.49. The lowest BCUT2D eigenvalue weighted by atomic mass is 10.1. The van der Waals surface area contributed by atoms with Crippen molar-refractivity contribution in [2.45, 2.75) is 26.5 Å². The summed E-state index contributed by atoms with van der Waals surface area (Å²) in [5.74, 6) is -0.123. The molecule has 1 aromatic rings. The fourth-order valence-electron chi connectivity index (χ4n) is 1.28. The molecule has 3 N–H and O–H groups in total. The lowest BCUT2D eigenvalue weighted by molar-refractivity contribution is -0.127. The second-order valence-corrected chi connectivity index (χ2v) is 4.64. The number of nitrogens with one attached hydrogen (secondary N) is 1. The average Bonchev–Trinajstić information content (AvgIpc) is 2.34. The van der Waals surface area contributed by atoms with Gasteiger partial charge >= 0.3 is 0 Å². The third-order valence-electron chi connectivity index (χ3n) is 2.28. The summed E-state index contributed by atoms with van der Waals surface area (Å²) in [6.45, 7) is 4.34. The van der Waals surface area contributed by atoms with Gasteiger partial charge < -0.3 is 15.8 Å². The highest BCUT2D eigenvalue weighted by molar-refractivity contribution is 7.80. The number of hydrogen-bond acceptors (Lipinski definition) is 3. The molecule has 0 aliphatic carbocycles. The van der Waals surface area contributed by atoms with Crippen molar-refractivity contribution in [1.29, 1.82) is 0 Å². The highest BCUT2D eigenvalue weighted by Gasteiger charge is 2.03. The molecule has 0 spiro atoms. The molecule has 0 fully saturated rings. The average molecular weight is 266 g/mol. The van der Waals surface area contributed by atoms with E-state index >= 15 is 0 Å². The van der Waals surface area contributed by atoms with Crippen molar-refractivity contribution in [3.63, 3.8) is 0 Å². The molecule has 0 atom stereocenters. The zero-order valence-corrected chi connectivity index (χ0v) is 11.4. The molecular weight excluding hydrogens is 248 g/mol. The molecule has 0 saturated heterocycles. The smallest absolute Gasteiger partial charge is 0.246 e. The summed E-state index contributed by atoms with van der Waals surface area (Å²) in [7, 11) is 0. The minimum Gasteiger partial charge on any atom is -0.389 e. The van der Waals surface area contributed by atoms with Gasteiger partial charge in [0.05, 0.1) is 6.10 Å². The molecule has 0 aliphatic rings. The molecule has 1 rings (SSSR count). The topological polar surface area (TPSA) is 64.3 Å². The Balaban J connectivity index is 2.39. The molecule has 1 aromatic carbocycles. The van der Waals surface area contributed by atoms with Crippen LogP contribution in [-0.4, -0.2) is 23.6 Å². The summed E-state index contributed by atoms with van der Waals surface area (Å²) in [6.07, 6.45) is 0.0561. The van der Waals surface area contributed by atoms with Crippen LogP contribution in [0.5, 0.6) is 0 Å². The summed E-state index contributed by atoms with van der Waals surface area (Å²) in [6, 6.07) is 7.46. The minimum absolute atomic E-state index is 0.0561. The van der Waals surface area contributed by atoms with Crippen LogP contribution in [0.25, 0.3) is 0 Å². The highest BCUT2D eigenvalue weighted by Crippen LogP contribution is 2.04. The lowest BCUT2D eigenvalue weighted by Crippen LogP contribution is -2.28. The summed E-state index contributed by atoms with van der Waals surface area (Å²) in [5.41, 5.74) is 7.31. The molecule has 0 saturated carbocycles. The standard InChI is InChI=1S/C13H18N2O2S/c1-9(2)17-8-12(16)15-7-10-3-5-11(6-4-10)13(14)18/h3-6,9H,7-8H2,1-2H3,(H2,14,18)(H,15,16). The van der Waals surface area contributed by atoms with Crippen molar-refractivity contribution >= 4 is 23.1 Å². The van der Waals surface area contributed by atoms with Gasteiger partial charge in [-0.05, 0) is 19.4 Å². The monoisotopic (exact) mass is 266 g/mol. The van der Waals surface area contributed by atoms with Crippen molar-refractivity contribution in [2.75, 3.05) is 6.61 Å². The molecule has 0 unspecified atom stereocenters. The molecule has 5 heteroatoms. The van der Waals surface area contributed by atoms with Gasteiger partial charge in [0.1, 0.15) is 11.6 Å². The number of benzene rings is 1. The highest BCUT2D eigenvalue weighted by atomic mass is 32.1. The first kappa shape index (κ1) is 14.6. The molecule has 4 nitrogen and oxygen atoms in total. The molecule has 0 aromatic heterocycles. The van der Waals surface area contributed by atoms with Crippen LogP contribution in [0.2, 0.25) is 0 Å². The van der Waals surface area contributed by atoms with E-state index in [1.54, 1.807) is 0 Å². The largest absolute Gasteiger partial charge is 0.389 e. The van der Waals surface area contributed by atoms with Crippen LogP contribution in [0.1, 0.15) is 25.0 Å². The SMILES string of the molecule is CC(C)OCC(=O)NCc1ccc(C(N)=S)cc1. The van der Waals surface area contributed by atoms with Crippen LogP contribution >= 0.6 is 12.2 Å². The van der Waals surface area contributed by atoms with Crippen molar-refractivity contribution in [3.05, 3.63) is 35.4 Å². The third-order valence-corrected chi connectivity index (χ3v) is 2.51. The van der Waals surface area contributed by atoms with Crippen molar-refractivity contribution in [3.8, 4) is 0 Å². The van der Waals surface area contributed by atoms with Crippen molar-refractivity contribution < 1.29 is 9.53 Å². The maximum atomic E-state index is 11.4. The van der Waals surface area contributed by atoms with Gasteiger partial charge in [0, 0.05) is 12.1 Å². The number of amides is 1. The Morgan fingerprint density at radius 2 is 2.00 bits per heavy atom. The van der Waals surface area contributed by atoms with E-state index in [9.17, 15) is 4.79 Å². The van der Waals surface area contributed by atoms with Crippen molar-refractivity contribution in [1.82, 2.24) is 5.32 Å². The number of carbonyl (C=O) groups excluding carboxylic acids is 1. The Morgan fingerprint density at radius 3 is 2.50 bits per heavy atom. The molecule has 1 amide bonds. The van der Waals surface area contributed by atoms with E-state index in [0.717, 1.165) is 11.1 Å². The van der Waals surface area contributed by atoms with Crippen LogP contribution in [0.15, 0.2) is 24.3 Å². The number of ether oxygens (including phenoxy) is 1. The fourth-order valence-corrected chi connectivity index (χ4v) is 1.42. The molecule has 0 aliphatic heterocycles. The fraction of sp³-hybridized carbons (Fsp3) is 0.385. The van der Waals surface area contributed by atoms with Gasteiger partial charge in [-0.1, -0.05) is 36.5 Å². The maximum Gasteiger partial charge on any atom is 0.246 e. The van der Waals surface area contributed by atoms with Gasteiger partial charge in [0.15, 0.2) is 0 Å². The van der Waals surface area contributed by atoms with E-state index in [1.807, 2.05) is 38.1 Å². The van der Waals surface area contributed by atoms with Gasteiger partial charge in [-0.3, -0.25) is 4.79 Å². The Kier molecular flexibility index (Phi) is 5.74.